The highest BCUT2D eigenvalue weighted by Crippen LogP contribution is 2.23. The summed E-state index contributed by atoms with van der Waals surface area (Å²) in [4.78, 5) is 1.13. The highest BCUT2D eigenvalue weighted by atomic mass is 79.9. The monoisotopic (exact) mass is 299 g/mol. The van der Waals surface area contributed by atoms with E-state index in [0.29, 0.717) is 6.42 Å². The Morgan fingerprint density at radius 1 is 1.38 bits per heavy atom. The minimum Gasteiger partial charge on any atom is -0.323 e. The van der Waals surface area contributed by atoms with Crippen LogP contribution in [0.25, 0.3) is 0 Å². The Balaban J connectivity index is 2.15. The van der Waals surface area contributed by atoms with Crippen molar-refractivity contribution < 1.29 is 4.39 Å². The summed E-state index contributed by atoms with van der Waals surface area (Å²) in [7, 11) is 0. The SMILES string of the molecule is NC(Cc1cc(F)cc(Br)c1)c1cccs1. The third kappa shape index (κ3) is 2.90. The summed E-state index contributed by atoms with van der Waals surface area (Å²) in [6, 6.07) is 8.79. The first-order valence-corrected chi connectivity index (χ1v) is 6.56. The molecule has 0 radical (unpaired) electrons. The van der Waals surface area contributed by atoms with Crippen LogP contribution >= 0.6 is 27.3 Å². The minimum absolute atomic E-state index is 0.0614. The third-order valence-electron chi connectivity index (χ3n) is 2.29. The lowest BCUT2D eigenvalue weighted by atomic mass is 10.1. The molecule has 84 valence electrons. The second-order valence-electron chi connectivity index (χ2n) is 3.60. The molecule has 1 aromatic carbocycles. The van der Waals surface area contributed by atoms with Gasteiger partial charge in [-0.05, 0) is 41.6 Å². The lowest BCUT2D eigenvalue weighted by molar-refractivity contribution is 0.621. The number of hydrogen-bond donors (Lipinski definition) is 1. The Hall–Kier alpha value is -0.710. The second-order valence-corrected chi connectivity index (χ2v) is 5.50. The van der Waals surface area contributed by atoms with Gasteiger partial charge in [0.1, 0.15) is 5.82 Å². The van der Waals surface area contributed by atoms with Crippen molar-refractivity contribution in [3.8, 4) is 0 Å². The fourth-order valence-corrected chi connectivity index (χ4v) is 2.83. The molecule has 0 aliphatic heterocycles. The van der Waals surface area contributed by atoms with Crippen LogP contribution in [0.3, 0.4) is 0 Å². The lowest BCUT2D eigenvalue weighted by Crippen LogP contribution is -2.11. The molecule has 1 aromatic heterocycles. The molecule has 0 aliphatic carbocycles. The molecule has 4 heteroatoms. The Labute approximate surface area is 106 Å². The predicted molar refractivity (Wildman–Crippen MR) is 69.1 cm³/mol. The minimum atomic E-state index is -0.234. The predicted octanol–water partition coefficient (Wildman–Crippen LogP) is 3.89. The van der Waals surface area contributed by atoms with Crippen LogP contribution in [-0.4, -0.2) is 0 Å². The smallest absolute Gasteiger partial charge is 0.124 e. The van der Waals surface area contributed by atoms with Crippen LogP contribution in [0.5, 0.6) is 0 Å². The molecule has 0 saturated carbocycles. The van der Waals surface area contributed by atoms with Crippen LogP contribution in [-0.2, 0) is 6.42 Å². The average Bonchev–Trinajstić information content (AvgIpc) is 2.68. The number of nitrogens with two attached hydrogens (primary N) is 1. The van der Waals surface area contributed by atoms with E-state index in [2.05, 4.69) is 15.9 Å². The topological polar surface area (TPSA) is 26.0 Å². The van der Waals surface area contributed by atoms with Crippen LogP contribution in [0.4, 0.5) is 4.39 Å². The van der Waals surface area contributed by atoms with Crippen molar-refractivity contribution in [2.75, 3.05) is 0 Å². The molecule has 1 nitrogen and oxygen atoms in total. The molecule has 1 heterocycles. The molecule has 0 aliphatic rings. The summed E-state index contributed by atoms with van der Waals surface area (Å²) < 4.78 is 13.9. The van der Waals surface area contributed by atoms with E-state index in [1.165, 1.54) is 12.1 Å². The number of hydrogen-bond acceptors (Lipinski definition) is 2. The molecule has 2 N–H and O–H groups in total. The molecule has 1 atom stereocenters. The molecule has 2 rings (SSSR count). The quantitative estimate of drug-likeness (QED) is 0.914. The molecule has 0 amide bonds. The van der Waals surface area contributed by atoms with E-state index in [4.69, 9.17) is 5.73 Å². The average molecular weight is 300 g/mol. The molecule has 0 spiro atoms. The van der Waals surface area contributed by atoms with Crippen LogP contribution in [0.2, 0.25) is 0 Å². The van der Waals surface area contributed by atoms with Crippen molar-refractivity contribution in [1.82, 2.24) is 0 Å². The molecule has 0 bridgehead atoms. The molecule has 16 heavy (non-hydrogen) atoms. The molecular formula is C12H11BrFNS. The molecular weight excluding hydrogens is 289 g/mol. The zero-order valence-corrected chi connectivity index (χ0v) is 10.9. The van der Waals surface area contributed by atoms with Gasteiger partial charge in [0.15, 0.2) is 0 Å². The van der Waals surface area contributed by atoms with E-state index in [1.807, 2.05) is 23.6 Å². The summed E-state index contributed by atoms with van der Waals surface area (Å²) in [6.07, 6.45) is 0.650. The first-order valence-electron chi connectivity index (χ1n) is 4.89. The Kier molecular flexibility index (Phi) is 3.74. The van der Waals surface area contributed by atoms with Gasteiger partial charge in [0.2, 0.25) is 0 Å². The van der Waals surface area contributed by atoms with E-state index in [1.54, 1.807) is 11.3 Å². The van der Waals surface area contributed by atoms with Gasteiger partial charge in [0, 0.05) is 15.4 Å². The lowest BCUT2D eigenvalue weighted by Gasteiger charge is -2.10. The zero-order valence-electron chi connectivity index (χ0n) is 8.49. The number of thiophene rings is 1. The summed E-state index contributed by atoms with van der Waals surface area (Å²) in [5, 5.41) is 2.00. The van der Waals surface area contributed by atoms with Crippen molar-refractivity contribution in [1.29, 1.82) is 0 Å². The van der Waals surface area contributed by atoms with Gasteiger partial charge in [-0.3, -0.25) is 0 Å². The first kappa shape index (κ1) is 11.8. The van der Waals surface area contributed by atoms with Gasteiger partial charge < -0.3 is 5.73 Å². The van der Waals surface area contributed by atoms with E-state index < -0.39 is 0 Å². The fourth-order valence-electron chi connectivity index (χ4n) is 1.59. The standard InChI is InChI=1S/C12H11BrFNS/c13-9-4-8(5-10(14)7-9)6-11(15)12-2-1-3-16-12/h1-5,7,11H,6,15H2. The van der Waals surface area contributed by atoms with Crippen molar-refractivity contribution in [3.63, 3.8) is 0 Å². The maximum atomic E-state index is 13.2. The fraction of sp³-hybridized carbons (Fsp3) is 0.167. The Morgan fingerprint density at radius 3 is 2.81 bits per heavy atom. The van der Waals surface area contributed by atoms with Crippen LogP contribution < -0.4 is 5.73 Å². The highest BCUT2D eigenvalue weighted by Gasteiger charge is 2.09. The largest absolute Gasteiger partial charge is 0.323 e. The molecule has 0 saturated heterocycles. The second kappa shape index (κ2) is 5.08. The third-order valence-corrected chi connectivity index (χ3v) is 3.75. The van der Waals surface area contributed by atoms with Crippen molar-refractivity contribution in [3.05, 3.63) is 56.4 Å². The summed E-state index contributed by atoms with van der Waals surface area (Å²) in [5.74, 6) is -0.234. The molecule has 0 fully saturated rings. The maximum absolute atomic E-state index is 13.2. The number of rotatable bonds is 3. The molecule has 2 aromatic rings. The highest BCUT2D eigenvalue weighted by molar-refractivity contribution is 9.10. The van der Waals surface area contributed by atoms with Gasteiger partial charge in [-0.15, -0.1) is 11.3 Å². The van der Waals surface area contributed by atoms with E-state index in [9.17, 15) is 4.39 Å². The van der Waals surface area contributed by atoms with Crippen molar-refractivity contribution in [2.45, 2.75) is 12.5 Å². The van der Waals surface area contributed by atoms with E-state index in [0.717, 1.165) is 14.9 Å². The van der Waals surface area contributed by atoms with Crippen molar-refractivity contribution >= 4 is 27.3 Å². The van der Waals surface area contributed by atoms with Gasteiger partial charge in [-0.1, -0.05) is 22.0 Å². The zero-order chi connectivity index (χ0) is 11.5. The van der Waals surface area contributed by atoms with E-state index >= 15 is 0 Å². The van der Waals surface area contributed by atoms with Crippen LogP contribution in [0.1, 0.15) is 16.5 Å². The molecule has 1 unspecified atom stereocenters. The van der Waals surface area contributed by atoms with Gasteiger partial charge >= 0.3 is 0 Å². The van der Waals surface area contributed by atoms with Crippen LogP contribution in [0, 0.1) is 5.82 Å². The van der Waals surface area contributed by atoms with Crippen LogP contribution in [0.15, 0.2) is 40.2 Å². The Bertz CT molecular complexity index is 450. The van der Waals surface area contributed by atoms with Crippen molar-refractivity contribution in [2.24, 2.45) is 5.73 Å². The normalized spacial score (nSPS) is 12.7. The van der Waals surface area contributed by atoms with Gasteiger partial charge in [0.25, 0.3) is 0 Å². The van der Waals surface area contributed by atoms with Gasteiger partial charge in [-0.25, -0.2) is 4.39 Å². The first-order chi connectivity index (χ1) is 7.65. The van der Waals surface area contributed by atoms with Gasteiger partial charge in [0.05, 0.1) is 0 Å². The van der Waals surface area contributed by atoms with Gasteiger partial charge in [-0.2, -0.15) is 0 Å². The maximum Gasteiger partial charge on any atom is 0.124 e. The number of halogens is 2. The Morgan fingerprint density at radius 2 is 2.19 bits per heavy atom. The van der Waals surface area contributed by atoms with E-state index in [-0.39, 0.29) is 11.9 Å². The number of benzene rings is 1. The summed E-state index contributed by atoms with van der Waals surface area (Å²) in [5.41, 5.74) is 6.95. The summed E-state index contributed by atoms with van der Waals surface area (Å²) in [6.45, 7) is 0. The summed E-state index contributed by atoms with van der Waals surface area (Å²) >= 11 is 4.90.